The number of carbonyl (C=O) groups is 3. The number of carboxylic acid groups (broad SMARTS) is 1. The van der Waals surface area contributed by atoms with Crippen LogP contribution in [0.25, 0.3) is 0 Å². The first-order chi connectivity index (χ1) is 12.5. The summed E-state index contributed by atoms with van der Waals surface area (Å²) in [6.07, 6.45) is 9.83. The molecular formula is C19H28N2O5. The molecule has 0 spiro atoms. The molecule has 1 aromatic rings. The minimum atomic E-state index is -0.866. The Labute approximate surface area is 153 Å². The predicted octanol–water partition coefficient (Wildman–Crippen LogP) is 2.72. The summed E-state index contributed by atoms with van der Waals surface area (Å²) in [5.41, 5.74) is 0.356. The minimum Gasteiger partial charge on any atom is -0.481 e. The molecule has 1 aliphatic rings. The van der Waals surface area contributed by atoms with E-state index in [0.717, 1.165) is 19.3 Å². The smallest absolute Gasteiger partial charge is 0.303 e. The molecule has 0 bridgehead atoms. The van der Waals surface area contributed by atoms with E-state index in [1.807, 2.05) is 0 Å². The van der Waals surface area contributed by atoms with Gasteiger partial charge < -0.3 is 20.2 Å². The summed E-state index contributed by atoms with van der Waals surface area (Å²) < 4.78 is 4.86. The lowest BCUT2D eigenvalue weighted by molar-refractivity contribution is -0.137. The summed E-state index contributed by atoms with van der Waals surface area (Å²) in [5.74, 6) is -1.02. The van der Waals surface area contributed by atoms with E-state index in [2.05, 4.69) is 10.6 Å². The normalized spacial score (nSPS) is 17.3. The van der Waals surface area contributed by atoms with Crippen molar-refractivity contribution in [3.63, 3.8) is 0 Å². The predicted molar refractivity (Wildman–Crippen MR) is 95.6 cm³/mol. The molecule has 0 saturated heterocycles. The van der Waals surface area contributed by atoms with Crippen molar-refractivity contribution in [3.8, 4) is 0 Å². The van der Waals surface area contributed by atoms with Crippen LogP contribution in [0.15, 0.2) is 23.0 Å². The van der Waals surface area contributed by atoms with E-state index in [4.69, 9.17) is 9.52 Å². The molecule has 0 radical (unpaired) electrons. The van der Waals surface area contributed by atoms with Crippen LogP contribution in [0.2, 0.25) is 0 Å². The number of nitrogens with one attached hydrogen (secondary N) is 2. The van der Waals surface area contributed by atoms with Gasteiger partial charge in [0.25, 0.3) is 5.91 Å². The molecule has 2 rings (SSSR count). The zero-order valence-electron chi connectivity index (χ0n) is 15.2. The Morgan fingerprint density at radius 2 is 1.96 bits per heavy atom. The summed E-state index contributed by atoms with van der Waals surface area (Å²) in [6, 6.07) is 0.629. The van der Waals surface area contributed by atoms with Crippen LogP contribution < -0.4 is 10.6 Å². The van der Waals surface area contributed by atoms with Crippen molar-refractivity contribution in [1.82, 2.24) is 10.6 Å². The van der Waals surface area contributed by atoms with Gasteiger partial charge in [-0.25, -0.2) is 0 Å². The van der Waals surface area contributed by atoms with Gasteiger partial charge in [-0.2, -0.15) is 0 Å². The second-order valence-corrected chi connectivity index (χ2v) is 7.08. The molecule has 7 nitrogen and oxygen atoms in total. The van der Waals surface area contributed by atoms with Gasteiger partial charge in [-0.05, 0) is 31.7 Å². The van der Waals surface area contributed by atoms with E-state index in [-0.39, 0.29) is 24.3 Å². The molecule has 7 heteroatoms. The standard InChI is InChI=1S/C19H28N2O5/c1-13(20-19(25)15-9-10-26-12-15)18(24)21-16(7-8-17(22)23)11-14-5-3-2-4-6-14/h9-10,12-14,16H,2-8,11H2,1H3,(H,20,25)(H,21,24)(H,22,23). The van der Waals surface area contributed by atoms with E-state index in [1.165, 1.54) is 37.9 Å². The molecule has 2 unspecified atom stereocenters. The summed E-state index contributed by atoms with van der Waals surface area (Å²) >= 11 is 0. The molecule has 144 valence electrons. The number of hydrogen-bond acceptors (Lipinski definition) is 4. The third-order valence-corrected chi connectivity index (χ3v) is 4.92. The third-order valence-electron chi connectivity index (χ3n) is 4.92. The second-order valence-electron chi connectivity index (χ2n) is 7.08. The maximum atomic E-state index is 12.4. The van der Waals surface area contributed by atoms with Crippen LogP contribution in [-0.4, -0.2) is 35.0 Å². The van der Waals surface area contributed by atoms with Crippen LogP contribution in [0.1, 0.15) is 68.6 Å². The lowest BCUT2D eigenvalue weighted by atomic mass is 9.84. The number of carbonyl (C=O) groups excluding carboxylic acids is 2. The summed E-state index contributed by atoms with van der Waals surface area (Å²) in [5, 5.41) is 14.5. The molecule has 2 amide bonds. The Morgan fingerprint density at radius 1 is 1.23 bits per heavy atom. The molecule has 3 N–H and O–H groups in total. The first kappa shape index (κ1) is 20.0. The molecule has 2 atom stereocenters. The van der Waals surface area contributed by atoms with Crippen molar-refractivity contribution in [1.29, 1.82) is 0 Å². The number of aliphatic carboxylic acids is 1. The van der Waals surface area contributed by atoms with Gasteiger partial charge in [0, 0.05) is 12.5 Å². The van der Waals surface area contributed by atoms with E-state index in [1.54, 1.807) is 6.92 Å². The van der Waals surface area contributed by atoms with Crippen molar-refractivity contribution in [3.05, 3.63) is 24.2 Å². The molecule has 0 aliphatic heterocycles. The fraction of sp³-hybridized carbons (Fsp3) is 0.632. The third kappa shape index (κ3) is 6.54. The first-order valence-electron chi connectivity index (χ1n) is 9.31. The van der Waals surface area contributed by atoms with E-state index in [0.29, 0.717) is 17.9 Å². The van der Waals surface area contributed by atoms with Crippen LogP contribution in [0.4, 0.5) is 0 Å². The Kier molecular flexibility index (Phi) is 7.69. The van der Waals surface area contributed by atoms with Gasteiger partial charge in [0.2, 0.25) is 5.91 Å². The molecule has 0 aromatic carbocycles. The maximum absolute atomic E-state index is 12.4. The summed E-state index contributed by atoms with van der Waals surface area (Å²) in [6.45, 7) is 1.61. The number of carboxylic acids is 1. The molecule has 26 heavy (non-hydrogen) atoms. The maximum Gasteiger partial charge on any atom is 0.303 e. The van der Waals surface area contributed by atoms with E-state index in [9.17, 15) is 14.4 Å². The molecular weight excluding hydrogens is 336 g/mol. The first-order valence-corrected chi connectivity index (χ1v) is 9.31. The van der Waals surface area contributed by atoms with Gasteiger partial charge in [-0.3, -0.25) is 14.4 Å². The Hall–Kier alpha value is -2.31. The van der Waals surface area contributed by atoms with Gasteiger partial charge >= 0.3 is 5.97 Å². The van der Waals surface area contributed by atoms with Gasteiger partial charge in [-0.15, -0.1) is 0 Å². The highest BCUT2D eigenvalue weighted by atomic mass is 16.4. The van der Waals surface area contributed by atoms with Crippen molar-refractivity contribution >= 4 is 17.8 Å². The Morgan fingerprint density at radius 3 is 2.58 bits per heavy atom. The molecule has 1 aliphatic carbocycles. The fourth-order valence-electron chi connectivity index (χ4n) is 3.44. The number of amides is 2. The van der Waals surface area contributed by atoms with Gasteiger partial charge in [0.1, 0.15) is 12.3 Å². The van der Waals surface area contributed by atoms with Crippen molar-refractivity contribution in [2.24, 2.45) is 5.92 Å². The summed E-state index contributed by atoms with van der Waals surface area (Å²) in [7, 11) is 0. The van der Waals surface area contributed by atoms with Crippen molar-refractivity contribution < 1.29 is 23.9 Å². The average Bonchev–Trinajstić information content (AvgIpc) is 3.15. The topological polar surface area (TPSA) is 109 Å². The summed E-state index contributed by atoms with van der Waals surface area (Å²) in [4.78, 5) is 35.4. The largest absolute Gasteiger partial charge is 0.481 e. The van der Waals surface area contributed by atoms with Gasteiger partial charge in [0.05, 0.1) is 11.8 Å². The SMILES string of the molecule is CC(NC(=O)c1ccoc1)C(=O)NC(CCC(=O)O)CC1CCCCC1. The highest BCUT2D eigenvalue weighted by Gasteiger charge is 2.24. The average molecular weight is 364 g/mol. The highest BCUT2D eigenvalue weighted by Crippen LogP contribution is 2.28. The Balaban J connectivity index is 1.88. The van der Waals surface area contributed by atoms with Crippen LogP contribution >= 0.6 is 0 Å². The van der Waals surface area contributed by atoms with Crippen LogP contribution in [-0.2, 0) is 9.59 Å². The number of hydrogen-bond donors (Lipinski definition) is 3. The van der Waals surface area contributed by atoms with Crippen molar-refractivity contribution in [2.45, 2.75) is 70.4 Å². The fourth-order valence-corrected chi connectivity index (χ4v) is 3.44. The number of rotatable bonds is 9. The zero-order chi connectivity index (χ0) is 18.9. The van der Waals surface area contributed by atoms with Crippen LogP contribution in [0.5, 0.6) is 0 Å². The monoisotopic (exact) mass is 364 g/mol. The quantitative estimate of drug-likeness (QED) is 0.624. The molecule has 1 fully saturated rings. The van der Waals surface area contributed by atoms with Crippen LogP contribution in [0, 0.1) is 5.92 Å². The second kappa shape index (κ2) is 9.99. The van der Waals surface area contributed by atoms with Crippen LogP contribution in [0.3, 0.4) is 0 Å². The van der Waals surface area contributed by atoms with Crippen molar-refractivity contribution in [2.75, 3.05) is 0 Å². The molecule has 1 saturated carbocycles. The van der Waals surface area contributed by atoms with E-state index >= 15 is 0 Å². The lowest BCUT2D eigenvalue weighted by Crippen LogP contribution is -2.48. The Bertz CT molecular complexity index is 593. The number of furan rings is 1. The van der Waals surface area contributed by atoms with E-state index < -0.39 is 12.0 Å². The van der Waals surface area contributed by atoms with Gasteiger partial charge in [0.15, 0.2) is 0 Å². The molecule has 1 aromatic heterocycles. The lowest BCUT2D eigenvalue weighted by Gasteiger charge is -2.28. The highest BCUT2D eigenvalue weighted by molar-refractivity contribution is 5.97. The van der Waals surface area contributed by atoms with Gasteiger partial charge in [-0.1, -0.05) is 32.1 Å². The zero-order valence-corrected chi connectivity index (χ0v) is 15.2. The minimum absolute atomic E-state index is 0.0213. The molecule has 1 heterocycles.